The number of β-amino-alcohol motifs (C(OH)–C–C–N with tert-alkyl or cyclic N) is 1. The van der Waals surface area contributed by atoms with Crippen molar-refractivity contribution in [2.45, 2.75) is 25.5 Å². The Balaban J connectivity index is 2.17. The number of aliphatic hydroxyl groups excluding tert-OH is 1. The molecule has 1 saturated heterocycles. The number of ether oxygens (including phenoxy) is 1. The van der Waals surface area contributed by atoms with Crippen molar-refractivity contribution in [3.8, 4) is 5.75 Å². The average molecular weight is 266 g/mol. The van der Waals surface area contributed by atoms with E-state index in [1.807, 2.05) is 0 Å². The minimum Gasteiger partial charge on any atom is -0.496 e. The lowest BCUT2D eigenvalue weighted by atomic mass is 10.1. The number of hydrogen-bond donors (Lipinski definition) is 1. The number of aliphatic hydroxyl groups is 1. The number of benzene rings is 1. The Kier molecular flexibility index (Phi) is 4.34. The van der Waals surface area contributed by atoms with Crippen molar-refractivity contribution in [1.82, 2.24) is 4.90 Å². The van der Waals surface area contributed by atoms with Crippen LogP contribution in [0.4, 0.5) is 5.69 Å². The Labute approximate surface area is 111 Å². The van der Waals surface area contributed by atoms with E-state index in [4.69, 9.17) is 4.74 Å². The highest BCUT2D eigenvalue weighted by Crippen LogP contribution is 2.26. The second-order valence-electron chi connectivity index (χ2n) is 4.78. The summed E-state index contributed by atoms with van der Waals surface area (Å²) >= 11 is 0. The molecule has 0 unspecified atom stereocenters. The first kappa shape index (κ1) is 13.8. The van der Waals surface area contributed by atoms with Crippen LogP contribution in [0.15, 0.2) is 18.2 Å². The standard InChI is InChI=1S/C13H18N2O4/c1-19-13-5-4-11(15(17)18)7-10(13)8-14-6-2-3-12(16)9-14/h4-5,7,12,16H,2-3,6,8-9H2,1H3/t12-/m0/s1. The summed E-state index contributed by atoms with van der Waals surface area (Å²) in [5, 5.41) is 20.5. The van der Waals surface area contributed by atoms with Gasteiger partial charge in [-0.3, -0.25) is 15.0 Å². The van der Waals surface area contributed by atoms with Gasteiger partial charge in [0.25, 0.3) is 5.69 Å². The van der Waals surface area contributed by atoms with Crippen molar-refractivity contribution in [2.24, 2.45) is 0 Å². The van der Waals surface area contributed by atoms with Gasteiger partial charge >= 0.3 is 0 Å². The second kappa shape index (κ2) is 5.99. The minimum absolute atomic E-state index is 0.0633. The zero-order valence-corrected chi connectivity index (χ0v) is 10.9. The number of nitro groups is 1. The van der Waals surface area contributed by atoms with E-state index in [1.165, 1.54) is 6.07 Å². The van der Waals surface area contributed by atoms with E-state index in [0.29, 0.717) is 18.8 Å². The summed E-state index contributed by atoms with van der Waals surface area (Å²) in [5.74, 6) is 0.644. The summed E-state index contributed by atoms with van der Waals surface area (Å²) in [4.78, 5) is 12.5. The van der Waals surface area contributed by atoms with E-state index in [1.54, 1.807) is 19.2 Å². The Bertz CT molecular complexity index is 464. The number of methoxy groups -OCH3 is 1. The molecule has 6 heteroatoms. The molecular formula is C13H18N2O4. The summed E-state index contributed by atoms with van der Waals surface area (Å²) in [6.45, 7) is 2.05. The number of hydrogen-bond acceptors (Lipinski definition) is 5. The molecule has 1 aliphatic rings. The highest BCUT2D eigenvalue weighted by molar-refractivity contribution is 5.43. The summed E-state index contributed by atoms with van der Waals surface area (Å²) in [6, 6.07) is 4.60. The third-order valence-corrected chi connectivity index (χ3v) is 3.35. The van der Waals surface area contributed by atoms with Gasteiger partial charge < -0.3 is 9.84 Å². The van der Waals surface area contributed by atoms with Gasteiger partial charge in [-0.05, 0) is 25.5 Å². The van der Waals surface area contributed by atoms with E-state index < -0.39 is 4.92 Å². The molecule has 104 valence electrons. The highest BCUT2D eigenvalue weighted by Gasteiger charge is 2.20. The lowest BCUT2D eigenvalue weighted by molar-refractivity contribution is -0.385. The van der Waals surface area contributed by atoms with Gasteiger partial charge in [-0.25, -0.2) is 0 Å². The molecule has 1 atom stereocenters. The van der Waals surface area contributed by atoms with Gasteiger partial charge in [0.2, 0.25) is 0 Å². The Morgan fingerprint density at radius 2 is 2.37 bits per heavy atom. The van der Waals surface area contributed by atoms with Gasteiger partial charge in [-0.15, -0.1) is 0 Å². The third-order valence-electron chi connectivity index (χ3n) is 3.35. The van der Waals surface area contributed by atoms with Crippen LogP contribution >= 0.6 is 0 Å². The van der Waals surface area contributed by atoms with E-state index in [0.717, 1.165) is 24.9 Å². The largest absolute Gasteiger partial charge is 0.496 e. The fourth-order valence-corrected chi connectivity index (χ4v) is 2.42. The van der Waals surface area contributed by atoms with Gasteiger partial charge in [0.1, 0.15) is 5.75 Å². The summed E-state index contributed by atoms with van der Waals surface area (Å²) < 4.78 is 5.24. The third kappa shape index (κ3) is 3.42. The van der Waals surface area contributed by atoms with Crippen LogP contribution in [0.2, 0.25) is 0 Å². The number of likely N-dealkylation sites (tertiary alicyclic amines) is 1. The SMILES string of the molecule is COc1ccc([N+](=O)[O-])cc1CN1CCC[C@H](O)C1. The lowest BCUT2D eigenvalue weighted by Gasteiger charge is -2.30. The van der Waals surface area contributed by atoms with Crippen LogP contribution in [0.1, 0.15) is 18.4 Å². The maximum atomic E-state index is 10.8. The molecule has 1 heterocycles. The van der Waals surface area contributed by atoms with Crippen molar-refractivity contribution in [2.75, 3.05) is 20.2 Å². The van der Waals surface area contributed by atoms with Crippen LogP contribution in [-0.2, 0) is 6.54 Å². The van der Waals surface area contributed by atoms with Gasteiger partial charge in [-0.1, -0.05) is 0 Å². The highest BCUT2D eigenvalue weighted by atomic mass is 16.6. The average Bonchev–Trinajstić information content (AvgIpc) is 2.38. The predicted molar refractivity (Wildman–Crippen MR) is 70.2 cm³/mol. The molecule has 1 fully saturated rings. The molecule has 1 aromatic rings. The molecule has 2 rings (SSSR count). The smallest absolute Gasteiger partial charge is 0.270 e. The van der Waals surface area contributed by atoms with E-state index in [-0.39, 0.29) is 11.8 Å². The number of nitrogens with zero attached hydrogens (tertiary/aromatic N) is 2. The van der Waals surface area contributed by atoms with Crippen molar-refractivity contribution in [3.05, 3.63) is 33.9 Å². The van der Waals surface area contributed by atoms with Crippen LogP contribution in [0.5, 0.6) is 5.75 Å². The number of rotatable bonds is 4. The predicted octanol–water partition coefficient (Wildman–Crippen LogP) is 1.56. The minimum atomic E-state index is -0.409. The van der Waals surface area contributed by atoms with Crippen LogP contribution in [0.3, 0.4) is 0 Å². The van der Waals surface area contributed by atoms with Crippen LogP contribution in [0.25, 0.3) is 0 Å². The van der Waals surface area contributed by atoms with Gasteiger partial charge in [0.05, 0.1) is 18.1 Å². The van der Waals surface area contributed by atoms with Crippen molar-refractivity contribution >= 4 is 5.69 Å². The molecule has 0 aliphatic carbocycles. The molecule has 0 radical (unpaired) electrons. The molecule has 1 N–H and O–H groups in total. The van der Waals surface area contributed by atoms with Crippen LogP contribution in [-0.4, -0.2) is 41.2 Å². The second-order valence-corrected chi connectivity index (χ2v) is 4.78. The zero-order chi connectivity index (χ0) is 13.8. The Morgan fingerprint density at radius 1 is 1.58 bits per heavy atom. The van der Waals surface area contributed by atoms with Gasteiger partial charge in [-0.2, -0.15) is 0 Å². The Hall–Kier alpha value is -1.66. The normalized spacial score (nSPS) is 20.2. The summed E-state index contributed by atoms with van der Waals surface area (Å²) in [5.41, 5.74) is 0.846. The van der Waals surface area contributed by atoms with Crippen LogP contribution in [0, 0.1) is 10.1 Å². The fourth-order valence-electron chi connectivity index (χ4n) is 2.42. The molecule has 0 saturated carbocycles. The van der Waals surface area contributed by atoms with Crippen molar-refractivity contribution in [1.29, 1.82) is 0 Å². The Morgan fingerprint density at radius 3 is 3.00 bits per heavy atom. The topological polar surface area (TPSA) is 75.8 Å². The first-order chi connectivity index (χ1) is 9.10. The van der Waals surface area contributed by atoms with E-state index in [9.17, 15) is 15.2 Å². The van der Waals surface area contributed by atoms with Gasteiger partial charge in [0.15, 0.2) is 0 Å². The molecule has 0 bridgehead atoms. The van der Waals surface area contributed by atoms with Crippen molar-refractivity contribution in [3.63, 3.8) is 0 Å². The first-order valence-corrected chi connectivity index (χ1v) is 6.32. The number of non-ortho nitro benzene ring substituents is 1. The number of piperidine rings is 1. The van der Waals surface area contributed by atoms with E-state index in [2.05, 4.69) is 4.90 Å². The fraction of sp³-hybridized carbons (Fsp3) is 0.538. The van der Waals surface area contributed by atoms with E-state index >= 15 is 0 Å². The maximum Gasteiger partial charge on any atom is 0.270 e. The quantitative estimate of drug-likeness (QED) is 0.661. The molecule has 1 aromatic carbocycles. The molecule has 6 nitrogen and oxygen atoms in total. The molecule has 1 aliphatic heterocycles. The number of nitro benzene ring substituents is 1. The summed E-state index contributed by atoms with van der Waals surface area (Å²) in [7, 11) is 1.55. The van der Waals surface area contributed by atoms with Crippen molar-refractivity contribution < 1.29 is 14.8 Å². The molecule has 19 heavy (non-hydrogen) atoms. The lowest BCUT2D eigenvalue weighted by Crippen LogP contribution is -2.37. The first-order valence-electron chi connectivity index (χ1n) is 6.32. The molecule has 0 aromatic heterocycles. The molecule has 0 amide bonds. The molecular weight excluding hydrogens is 248 g/mol. The summed E-state index contributed by atoms with van der Waals surface area (Å²) in [6.07, 6.45) is 1.46. The monoisotopic (exact) mass is 266 g/mol. The zero-order valence-electron chi connectivity index (χ0n) is 10.9. The molecule has 0 spiro atoms. The maximum absolute atomic E-state index is 10.8. The van der Waals surface area contributed by atoms with Gasteiger partial charge in [0, 0.05) is 30.8 Å². The van der Waals surface area contributed by atoms with Crippen LogP contribution < -0.4 is 4.74 Å².